The Balaban J connectivity index is 1.74. The number of sulfonamides is 1. The highest BCUT2D eigenvalue weighted by atomic mass is 32.2. The van der Waals surface area contributed by atoms with Crippen LogP contribution in [0.4, 0.5) is 0 Å². The maximum Gasteiger partial charge on any atom is 0.275 e. The van der Waals surface area contributed by atoms with Crippen molar-refractivity contribution in [2.75, 3.05) is 26.2 Å². The number of aryl methyl sites for hydroxylation is 2. The van der Waals surface area contributed by atoms with Crippen LogP contribution in [0.2, 0.25) is 0 Å². The van der Waals surface area contributed by atoms with Gasteiger partial charge in [0.1, 0.15) is 0 Å². The van der Waals surface area contributed by atoms with E-state index in [1.165, 1.54) is 21.9 Å². The van der Waals surface area contributed by atoms with E-state index in [4.69, 9.17) is 5.73 Å². The van der Waals surface area contributed by atoms with E-state index < -0.39 is 10.0 Å². The molecule has 0 saturated carbocycles. The van der Waals surface area contributed by atoms with Gasteiger partial charge >= 0.3 is 0 Å². The molecule has 1 amide bonds. The van der Waals surface area contributed by atoms with Gasteiger partial charge in [0.2, 0.25) is 10.0 Å². The van der Waals surface area contributed by atoms with Gasteiger partial charge in [0, 0.05) is 0 Å². The number of nitrogens with one attached hydrogen (secondary N) is 1. The lowest BCUT2D eigenvalue weighted by molar-refractivity contribution is -0.917. The number of fused-ring (bicyclic) bond motifs is 1. The molecule has 0 aromatic heterocycles. The largest absolute Gasteiger partial charge is 0.365 e. The minimum atomic E-state index is -3.46. The Bertz CT molecular complexity index is 725. The quantitative estimate of drug-likeness (QED) is 0.754. The van der Waals surface area contributed by atoms with Crippen LogP contribution in [0.1, 0.15) is 30.9 Å². The Morgan fingerprint density at radius 3 is 2.42 bits per heavy atom. The average molecular weight is 352 g/mol. The number of amides is 1. The van der Waals surface area contributed by atoms with Crippen molar-refractivity contribution in [3.8, 4) is 0 Å². The summed E-state index contributed by atoms with van der Waals surface area (Å²) >= 11 is 0. The molecule has 3 N–H and O–H groups in total. The standard InChI is InChI=1S/C17H25N3O3S/c1-13(17(18)21)19-8-10-20(11-9-19)24(22,23)16-7-6-14-4-2-3-5-15(14)12-16/h6-7,12-13H,2-5,8-11H2,1H3,(H2,18,21)/p+1/t13-/m0/s1. The number of carbonyl (C=O) groups is 1. The van der Waals surface area contributed by atoms with Crippen LogP contribution in [0.15, 0.2) is 23.1 Å². The van der Waals surface area contributed by atoms with Gasteiger partial charge in [0.05, 0.1) is 31.1 Å². The molecular weight excluding hydrogens is 326 g/mol. The third kappa shape index (κ3) is 3.34. The number of piperazine rings is 1. The number of quaternary nitrogens is 1. The Kier molecular flexibility index (Phi) is 4.94. The zero-order valence-electron chi connectivity index (χ0n) is 14.1. The van der Waals surface area contributed by atoms with Gasteiger partial charge in [0.15, 0.2) is 6.04 Å². The number of hydrogen-bond donors (Lipinski definition) is 2. The van der Waals surface area contributed by atoms with Gasteiger partial charge < -0.3 is 10.6 Å². The minimum Gasteiger partial charge on any atom is -0.365 e. The normalized spacial score (nSPS) is 21.2. The molecule has 1 aromatic carbocycles. The third-order valence-electron chi connectivity index (χ3n) is 5.36. The molecule has 1 fully saturated rings. The number of carbonyl (C=O) groups excluding carboxylic acids is 1. The zero-order chi connectivity index (χ0) is 17.3. The molecule has 2 aliphatic rings. The lowest BCUT2D eigenvalue weighted by atomic mass is 9.92. The molecule has 0 radical (unpaired) electrons. The monoisotopic (exact) mass is 352 g/mol. The zero-order valence-corrected chi connectivity index (χ0v) is 14.9. The summed E-state index contributed by atoms with van der Waals surface area (Å²) in [6.45, 7) is 3.85. The van der Waals surface area contributed by atoms with Crippen LogP contribution >= 0.6 is 0 Å². The lowest BCUT2D eigenvalue weighted by Gasteiger charge is -2.33. The summed E-state index contributed by atoms with van der Waals surface area (Å²) in [4.78, 5) is 12.8. The topological polar surface area (TPSA) is 84.9 Å². The number of benzene rings is 1. The van der Waals surface area contributed by atoms with E-state index in [9.17, 15) is 13.2 Å². The highest BCUT2D eigenvalue weighted by Gasteiger charge is 2.34. The number of nitrogens with two attached hydrogens (primary N) is 1. The number of rotatable bonds is 4. The van der Waals surface area contributed by atoms with Crippen molar-refractivity contribution in [2.24, 2.45) is 5.73 Å². The van der Waals surface area contributed by atoms with Gasteiger partial charge in [-0.15, -0.1) is 0 Å². The molecule has 1 heterocycles. The van der Waals surface area contributed by atoms with Crippen molar-refractivity contribution < 1.29 is 18.1 Å². The van der Waals surface area contributed by atoms with Crippen LogP contribution in [-0.4, -0.2) is 50.9 Å². The van der Waals surface area contributed by atoms with Crippen LogP contribution in [0, 0.1) is 0 Å². The van der Waals surface area contributed by atoms with Gasteiger partial charge in [-0.2, -0.15) is 4.31 Å². The first-order valence-corrected chi connectivity index (χ1v) is 10.1. The van der Waals surface area contributed by atoms with Crippen LogP contribution in [0.5, 0.6) is 0 Å². The fraction of sp³-hybridized carbons (Fsp3) is 0.588. The number of hydrogen-bond acceptors (Lipinski definition) is 3. The highest BCUT2D eigenvalue weighted by molar-refractivity contribution is 7.89. The molecule has 6 nitrogen and oxygen atoms in total. The fourth-order valence-electron chi connectivity index (χ4n) is 3.67. The van der Waals surface area contributed by atoms with Crippen LogP contribution in [0.3, 0.4) is 0 Å². The highest BCUT2D eigenvalue weighted by Crippen LogP contribution is 2.25. The average Bonchev–Trinajstić information content (AvgIpc) is 2.60. The molecule has 1 aromatic rings. The molecule has 24 heavy (non-hydrogen) atoms. The van der Waals surface area contributed by atoms with E-state index >= 15 is 0 Å². The summed E-state index contributed by atoms with van der Waals surface area (Å²) in [5.74, 6) is -0.337. The maximum absolute atomic E-state index is 12.9. The van der Waals surface area contributed by atoms with Crippen molar-refractivity contribution >= 4 is 15.9 Å². The van der Waals surface area contributed by atoms with Crippen molar-refractivity contribution in [1.82, 2.24) is 4.31 Å². The second kappa shape index (κ2) is 6.82. The van der Waals surface area contributed by atoms with Crippen LogP contribution in [-0.2, 0) is 27.7 Å². The molecule has 1 atom stereocenters. The van der Waals surface area contributed by atoms with Crippen molar-refractivity contribution in [1.29, 1.82) is 0 Å². The summed E-state index contributed by atoms with van der Waals surface area (Å²) in [5, 5.41) is 0. The SMILES string of the molecule is C[C@@H](C(N)=O)[NH+]1CCN(S(=O)(=O)c2ccc3c(c2)CCCC3)CC1. The van der Waals surface area contributed by atoms with E-state index in [2.05, 4.69) is 0 Å². The third-order valence-corrected chi connectivity index (χ3v) is 7.26. The summed E-state index contributed by atoms with van der Waals surface area (Å²) in [6.07, 6.45) is 4.32. The van der Waals surface area contributed by atoms with E-state index in [0.29, 0.717) is 31.1 Å². The smallest absolute Gasteiger partial charge is 0.275 e. The van der Waals surface area contributed by atoms with Crippen LogP contribution < -0.4 is 10.6 Å². The van der Waals surface area contributed by atoms with Crippen molar-refractivity contribution in [3.63, 3.8) is 0 Å². The second-order valence-corrected chi connectivity index (χ2v) is 8.76. The number of primary amides is 1. The van der Waals surface area contributed by atoms with E-state index in [-0.39, 0.29) is 11.9 Å². The first kappa shape index (κ1) is 17.4. The predicted octanol–water partition coefficient (Wildman–Crippen LogP) is -0.672. The van der Waals surface area contributed by atoms with Crippen LogP contribution in [0.25, 0.3) is 0 Å². The predicted molar refractivity (Wildman–Crippen MR) is 91.2 cm³/mol. The number of nitrogens with zero attached hydrogens (tertiary/aromatic N) is 1. The summed E-state index contributed by atoms with van der Waals surface area (Å²) < 4.78 is 27.4. The molecule has 1 aliphatic heterocycles. The first-order valence-electron chi connectivity index (χ1n) is 8.65. The fourth-order valence-corrected chi connectivity index (χ4v) is 5.16. The molecule has 132 valence electrons. The molecule has 1 aliphatic carbocycles. The Hall–Kier alpha value is -1.44. The Morgan fingerprint density at radius 2 is 1.79 bits per heavy atom. The summed E-state index contributed by atoms with van der Waals surface area (Å²) in [5.41, 5.74) is 7.81. The molecule has 1 saturated heterocycles. The first-order chi connectivity index (χ1) is 11.4. The Labute approximate surface area is 143 Å². The molecular formula is C17H26N3O3S+. The summed E-state index contributed by atoms with van der Waals surface area (Å²) in [6, 6.07) is 5.29. The van der Waals surface area contributed by atoms with Gasteiger partial charge in [-0.1, -0.05) is 6.07 Å². The molecule has 3 rings (SSSR count). The summed E-state index contributed by atoms with van der Waals surface area (Å²) in [7, 11) is -3.46. The minimum absolute atomic E-state index is 0.279. The molecule has 0 unspecified atom stereocenters. The maximum atomic E-state index is 12.9. The lowest BCUT2D eigenvalue weighted by Crippen LogP contribution is -3.19. The second-order valence-electron chi connectivity index (χ2n) is 6.82. The van der Waals surface area contributed by atoms with Crippen molar-refractivity contribution in [3.05, 3.63) is 29.3 Å². The molecule has 0 bridgehead atoms. The van der Waals surface area contributed by atoms with Gasteiger partial charge in [-0.3, -0.25) is 4.79 Å². The molecule has 7 heteroatoms. The van der Waals surface area contributed by atoms with Gasteiger partial charge in [-0.25, -0.2) is 8.42 Å². The van der Waals surface area contributed by atoms with E-state index in [1.54, 1.807) is 13.0 Å². The van der Waals surface area contributed by atoms with Crippen molar-refractivity contribution in [2.45, 2.75) is 43.5 Å². The van der Waals surface area contributed by atoms with Gasteiger partial charge in [-0.05, 0) is 55.9 Å². The van der Waals surface area contributed by atoms with E-state index in [1.807, 2.05) is 12.1 Å². The van der Waals surface area contributed by atoms with Gasteiger partial charge in [0.25, 0.3) is 5.91 Å². The molecule has 0 spiro atoms. The Morgan fingerprint density at radius 1 is 1.17 bits per heavy atom. The van der Waals surface area contributed by atoms with E-state index in [0.717, 1.165) is 24.2 Å².